The van der Waals surface area contributed by atoms with E-state index in [0.29, 0.717) is 12.1 Å². The Balaban J connectivity index is 1.74. The molecule has 22 heavy (non-hydrogen) atoms. The van der Waals surface area contributed by atoms with E-state index in [-0.39, 0.29) is 0 Å². The number of ether oxygens (including phenoxy) is 1. The number of hydrogen-bond donors (Lipinski definition) is 2. The topological polar surface area (TPSA) is 49.9 Å². The van der Waals surface area contributed by atoms with Gasteiger partial charge in [0.05, 0.1) is 11.7 Å². The molecule has 2 N–H and O–H groups in total. The number of nitrogens with zero attached hydrogens (tertiary/aromatic N) is 1. The van der Waals surface area contributed by atoms with Crippen LogP contribution in [-0.4, -0.2) is 28.9 Å². The van der Waals surface area contributed by atoms with E-state index in [4.69, 9.17) is 4.74 Å². The monoisotopic (exact) mass is 301 g/mol. The van der Waals surface area contributed by atoms with Crippen molar-refractivity contribution in [3.05, 3.63) is 23.4 Å². The van der Waals surface area contributed by atoms with Gasteiger partial charge in [0.1, 0.15) is 11.9 Å². The molecule has 0 aliphatic heterocycles. The van der Waals surface area contributed by atoms with Crippen molar-refractivity contribution in [3.63, 3.8) is 0 Å². The Labute approximate surface area is 132 Å². The van der Waals surface area contributed by atoms with Gasteiger partial charge in [-0.3, -0.25) is 5.10 Å². The van der Waals surface area contributed by atoms with Gasteiger partial charge in [0.25, 0.3) is 0 Å². The molecule has 1 aliphatic rings. The summed E-state index contributed by atoms with van der Waals surface area (Å²) in [6, 6.07) is 2.76. The SMILES string of the molecule is CCCNC1CCCC(Oc2cc(C)c3[nH]ncc3c2C)C1. The fourth-order valence-corrected chi connectivity index (χ4v) is 3.47. The Morgan fingerprint density at radius 1 is 1.36 bits per heavy atom. The first-order valence-corrected chi connectivity index (χ1v) is 8.52. The molecule has 1 fully saturated rings. The lowest BCUT2D eigenvalue weighted by Gasteiger charge is -2.31. The van der Waals surface area contributed by atoms with Gasteiger partial charge in [-0.25, -0.2) is 0 Å². The van der Waals surface area contributed by atoms with E-state index in [2.05, 4.69) is 42.4 Å². The van der Waals surface area contributed by atoms with Crippen LogP contribution < -0.4 is 10.1 Å². The summed E-state index contributed by atoms with van der Waals surface area (Å²) in [6.07, 6.45) is 8.21. The minimum Gasteiger partial charge on any atom is -0.490 e. The summed E-state index contributed by atoms with van der Waals surface area (Å²) in [4.78, 5) is 0. The molecule has 1 aromatic heterocycles. The van der Waals surface area contributed by atoms with E-state index in [1.165, 1.54) is 35.8 Å². The second kappa shape index (κ2) is 6.69. The predicted molar refractivity (Wildman–Crippen MR) is 90.5 cm³/mol. The number of aromatic nitrogens is 2. The summed E-state index contributed by atoms with van der Waals surface area (Å²) < 4.78 is 6.37. The number of H-pyrrole nitrogens is 1. The maximum Gasteiger partial charge on any atom is 0.123 e. The van der Waals surface area contributed by atoms with Gasteiger partial charge in [-0.15, -0.1) is 0 Å². The summed E-state index contributed by atoms with van der Waals surface area (Å²) in [6.45, 7) is 7.56. The van der Waals surface area contributed by atoms with Crippen LogP contribution in [0.25, 0.3) is 10.9 Å². The number of rotatable bonds is 5. The highest BCUT2D eigenvalue weighted by molar-refractivity contribution is 5.86. The fraction of sp³-hybridized carbons (Fsp3) is 0.611. The summed E-state index contributed by atoms with van der Waals surface area (Å²) in [7, 11) is 0. The first-order valence-electron chi connectivity index (χ1n) is 8.52. The number of nitrogens with one attached hydrogen (secondary N) is 2. The van der Waals surface area contributed by atoms with Gasteiger partial charge < -0.3 is 10.1 Å². The highest BCUT2D eigenvalue weighted by Gasteiger charge is 2.23. The van der Waals surface area contributed by atoms with Gasteiger partial charge in [-0.05, 0) is 64.1 Å². The Bertz CT molecular complexity index is 635. The first-order chi connectivity index (χ1) is 10.7. The fourth-order valence-electron chi connectivity index (χ4n) is 3.47. The van der Waals surface area contributed by atoms with Gasteiger partial charge in [-0.1, -0.05) is 6.92 Å². The van der Waals surface area contributed by atoms with Crippen molar-refractivity contribution >= 4 is 10.9 Å². The molecular weight excluding hydrogens is 274 g/mol. The van der Waals surface area contributed by atoms with Gasteiger partial charge >= 0.3 is 0 Å². The highest BCUT2D eigenvalue weighted by atomic mass is 16.5. The van der Waals surface area contributed by atoms with E-state index in [9.17, 15) is 0 Å². The lowest BCUT2D eigenvalue weighted by molar-refractivity contribution is 0.134. The van der Waals surface area contributed by atoms with Crippen LogP contribution in [0.15, 0.2) is 12.3 Å². The number of aryl methyl sites for hydroxylation is 2. The average Bonchev–Trinajstić information content (AvgIpc) is 3.01. The second-order valence-corrected chi connectivity index (χ2v) is 6.53. The minimum atomic E-state index is 0.325. The number of benzene rings is 1. The molecule has 1 aromatic carbocycles. The summed E-state index contributed by atoms with van der Waals surface area (Å²) in [5.74, 6) is 1.02. The zero-order valence-corrected chi connectivity index (χ0v) is 13.9. The maximum absolute atomic E-state index is 6.37. The largest absolute Gasteiger partial charge is 0.490 e. The summed E-state index contributed by atoms with van der Waals surface area (Å²) >= 11 is 0. The molecule has 2 atom stereocenters. The van der Waals surface area contributed by atoms with Crippen molar-refractivity contribution in [2.45, 2.75) is 65.0 Å². The molecule has 0 spiro atoms. The van der Waals surface area contributed by atoms with Crippen LogP contribution >= 0.6 is 0 Å². The number of hydrogen-bond acceptors (Lipinski definition) is 3. The second-order valence-electron chi connectivity index (χ2n) is 6.53. The van der Waals surface area contributed by atoms with E-state index < -0.39 is 0 Å². The van der Waals surface area contributed by atoms with E-state index >= 15 is 0 Å². The van der Waals surface area contributed by atoms with Crippen molar-refractivity contribution < 1.29 is 4.74 Å². The quantitative estimate of drug-likeness (QED) is 0.881. The molecule has 4 nitrogen and oxygen atoms in total. The zero-order valence-electron chi connectivity index (χ0n) is 13.9. The molecule has 0 amide bonds. The molecule has 120 valence electrons. The molecule has 0 bridgehead atoms. The Kier molecular flexibility index (Phi) is 4.67. The first kappa shape index (κ1) is 15.3. The standard InChI is InChI=1S/C18H27N3O/c1-4-8-19-14-6-5-7-15(10-14)22-17-9-12(2)18-16(13(17)3)11-20-21-18/h9,11,14-15,19H,4-8,10H2,1-3H3,(H,20,21). The van der Waals surface area contributed by atoms with Crippen LogP contribution in [0.4, 0.5) is 0 Å². The van der Waals surface area contributed by atoms with Gasteiger partial charge in [0, 0.05) is 17.0 Å². The molecule has 0 radical (unpaired) electrons. The number of fused-ring (bicyclic) bond motifs is 1. The molecule has 2 aromatic rings. The van der Waals surface area contributed by atoms with Gasteiger partial charge in [0.15, 0.2) is 0 Å². The molecule has 1 aliphatic carbocycles. The third kappa shape index (κ3) is 3.12. The van der Waals surface area contributed by atoms with Crippen LogP contribution in [0.5, 0.6) is 5.75 Å². The molecule has 2 unspecified atom stereocenters. The predicted octanol–water partition coefficient (Wildman–Crippen LogP) is 3.87. The summed E-state index contributed by atoms with van der Waals surface area (Å²) in [5.41, 5.74) is 3.51. The molecule has 4 heteroatoms. The van der Waals surface area contributed by atoms with E-state index in [1.807, 2.05) is 6.20 Å². The van der Waals surface area contributed by atoms with Crippen molar-refractivity contribution in [1.82, 2.24) is 15.5 Å². The van der Waals surface area contributed by atoms with Crippen LogP contribution in [0.1, 0.15) is 50.2 Å². The van der Waals surface area contributed by atoms with Crippen molar-refractivity contribution in [1.29, 1.82) is 0 Å². The average molecular weight is 301 g/mol. The van der Waals surface area contributed by atoms with Crippen molar-refractivity contribution in [2.24, 2.45) is 0 Å². The van der Waals surface area contributed by atoms with Crippen LogP contribution in [0, 0.1) is 13.8 Å². The zero-order chi connectivity index (χ0) is 15.5. The Morgan fingerprint density at radius 2 is 2.23 bits per heavy atom. The highest BCUT2D eigenvalue weighted by Crippen LogP contribution is 2.32. The van der Waals surface area contributed by atoms with Crippen LogP contribution in [0.3, 0.4) is 0 Å². The van der Waals surface area contributed by atoms with Gasteiger partial charge in [0.2, 0.25) is 0 Å². The normalized spacial score (nSPS) is 22.1. The van der Waals surface area contributed by atoms with Crippen LogP contribution in [0.2, 0.25) is 0 Å². The van der Waals surface area contributed by atoms with Crippen molar-refractivity contribution in [2.75, 3.05) is 6.54 Å². The molecule has 3 rings (SSSR count). The Hall–Kier alpha value is -1.55. The van der Waals surface area contributed by atoms with Crippen LogP contribution in [-0.2, 0) is 0 Å². The lowest BCUT2D eigenvalue weighted by atomic mass is 9.92. The Morgan fingerprint density at radius 3 is 3.05 bits per heavy atom. The lowest BCUT2D eigenvalue weighted by Crippen LogP contribution is -2.38. The summed E-state index contributed by atoms with van der Waals surface area (Å²) in [5, 5.41) is 12.1. The molecule has 0 saturated heterocycles. The third-order valence-electron chi connectivity index (χ3n) is 4.76. The van der Waals surface area contributed by atoms with E-state index in [1.54, 1.807) is 0 Å². The van der Waals surface area contributed by atoms with Crippen molar-refractivity contribution in [3.8, 4) is 5.75 Å². The van der Waals surface area contributed by atoms with E-state index in [0.717, 1.165) is 30.7 Å². The third-order valence-corrected chi connectivity index (χ3v) is 4.76. The smallest absolute Gasteiger partial charge is 0.123 e. The minimum absolute atomic E-state index is 0.325. The number of aromatic amines is 1. The van der Waals surface area contributed by atoms with Gasteiger partial charge in [-0.2, -0.15) is 5.10 Å². The molecule has 1 saturated carbocycles. The maximum atomic E-state index is 6.37. The molecule has 1 heterocycles. The molecular formula is C18H27N3O.